The predicted octanol–water partition coefficient (Wildman–Crippen LogP) is 5.04. The molecule has 0 atom stereocenters. The Morgan fingerprint density at radius 1 is 1.05 bits per heavy atom. The van der Waals surface area contributed by atoms with Crippen LogP contribution in [0, 0.1) is 5.82 Å². The summed E-state index contributed by atoms with van der Waals surface area (Å²) in [5.41, 5.74) is 8.24. The number of anilines is 1. The van der Waals surface area contributed by atoms with E-state index >= 15 is 0 Å². The van der Waals surface area contributed by atoms with Crippen LogP contribution in [0.3, 0.4) is 0 Å². The van der Waals surface area contributed by atoms with Gasteiger partial charge in [-0.05, 0) is 35.9 Å². The molecule has 21 heavy (non-hydrogen) atoms. The molecular weight excluding hydrogens is 314 g/mol. The normalized spacial score (nSPS) is 10.8. The molecule has 106 valence electrons. The molecule has 2 N–H and O–H groups in total. The van der Waals surface area contributed by atoms with E-state index < -0.39 is 5.82 Å². The van der Waals surface area contributed by atoms with Gasteiger partial charge in [0.15, 0.2) is 0 Å². The van der Waals surface area contributed by atoms with Crippen molar-refractivity contribution in [3.63, 3.8) is 0 Å². The van der Waals surface area contributed by atoms with Crippen LogP contribution in [0.4, 0.5) is 10.3 Å². The molecule has 0 saturated heterocycles. The molecule has 0 bridgehead atoms. The number of rotatable bonds is 2. The van der Waals surface area contributed by atoms with Gasteiger partial charge >= 0.3 is 0 Å². The highest BCUT2D eigenvalue weighted by Crippen LogP contribution is 2.39. The Hall–Kier alpha value is -2.04. The van der Waals surface area contributed by atoms with Crippen molar-refractivity contribution >= 4 is 29.1 Å². The SMILES string of the molecule is Nc1onc(-c2ccc(F)cc2Cl)c1-c1ccc(Cl)cc1. The molecule has 3 nitrogen and oxygen atoms in total. The lowest BCUT2D eigenvalue weighted by atomic mass is 10.0. The van der Waals surface area contributed by atoms with E-state index in [1.807, 2.05) is 0 Å². The molecule has 0 radical (unpaired) electrons. The summed E-state index contributed by atoms with van der Waals surface area (Å²) in [5, 5.41) is 4.78. The van der Waals surface area contributed by atoms with Crippen molar-refractivity contribution < 1.29 is 8.91 Å². The lowest BCUT2D eigenvalue weighted by Gasteiger charge is -2.05. The number of halogens is 3. The molecule has 0 amide bonds. The third-order valence-electron chi connectivity index (χ3n) is 3.04. The highest BCUT2D eigenvalue weighted by atomic mass is 35.5. The molecule has 0 aliphatic heterocycles. The topological polar surface area (TPSA) is 52.0 Å². The van der Waals surface area contributed by atoms with Crippen LogP contribution in [0.5, 0.6) is 0 Å². The molecular formula is C15H9Cl2FN2O. The van der Waals surface area contributed by atoms with Gasteiger partial charge in [-0.3, -0.25) is 0 Å². The third kappa shape index (κ3) is 2.60. The van der Waals surface area contributed by atoms with E-state index in [9.17, 15) is 4.39 Å². The Kier molecular flexibility index (Phi) is 3.57. The van der Waals surface area contributed by atoms with Gasteiger partial charge in [-0.2, -0.15) is 0 Å². The second-order valence-electron chi connectivity index (χ2n) is 4.40. The molecule has 3 aromatic rings. The second-order valence-corrected chi connectivity index (χ2v) is 5.25. The first-order valence-electron chi connectivity index (χ1n) is 6.03. The maximum absolute atomic E-state index is 13.2. The molecule has 0 aliphatic rings. The molecule has 2 aromatic carbocycles. The fourth-order valence-corrected chi connectivity index (χ4v) is 2.45. The summed E-state index contributed by atoms with van der Waals surface area (Å²) in [5.74, 6) is -0.263. The summed E-state index contributed by atoms with van der Waals surface area (Å²) in [6, 6.07) is 11.1. The monoisotopic (exact) mass is 322 g/mol. The van der Waals surface area contributed by atoms with E-state index in [-0.39, 0.29) is 10.9 Å². The van der Waals surface area contributed by atoms with Crippen molar-refractivity contribution in [3.05, 3.63) is 58.3 Å². The van der Waals surface area contributed by atoms with Crippen LogP contribution < -0.4 is 5.73 Å². The fraction of sp³-hybridized carbons (Fsp3) is 0. The van der Waals surface area contributed by atoms with E-state index in [0.29, 0.717) is 21.8 Å². The van der Waals surface area contributed by atoms with Gasteiger partial charge in [0.1, 0.15) is 11.5 Å². The second kappa shape index (κ2) is 5.39. The zero-order chi connectivity index (χ0) is 15.0. The van der Waals surface area contributed by atoms with Crippen LogP contribution in [0.15, 0.2) is 47.0 Å². The number of benzene rings is 2. The fourth-order valence-electron chi connectivity index (χ4n) is 2.06. The van der Waals surface area contributed by atoms with Crippen molar-refractivity contribution in [2.75, 3.05) is 5.73 Å². The predicted molar refractivity (Wildman–Crippen MR) is 81.8 cm³/mol. The van der Waals surface area contributed by atoms with E-state index in [4.69, 9.17) is 33.5 Å². The van der Waals surface area contributed by atoms with Crippen LogP contribution in [-0.2, 0) is 0 Å². The Labute approximate surface area is 130 Å². The van der Waals surface area contributed by atoms with Gasteiger partial charge in [-0.1, -0.05) is 40.5 Å². The summed E-state index contributed by atoms with van der Waals surface area (Å²) in [7, 11) is 0. The molecule has 0 fully saturated rings. The number of hydrogen-bond donors (Lipinski definition) is 1. The summed E-state index contributed by atoms with van der Waals surface area (Å²) < 4.78 is 18.2. The van der Waals surface area contributed by atoms with Gasteiger partial charge in [0.25, 0.3) is 0 Å². The summed E-state index contributed by atoms with van der Waals surface area (Å²) in [6.07, 6.45) is 0. The summed E-state index contributed by atoms with van der Waals surface area (Å²) in [6.45, 7) is 0. The Balaban J connectivity index is 2.19. The van der Waals surface area contributed by atoms with E-state index in [1.165, 1.54) is 18.2 Å². The van der Waals surface area contributed by atoms with E-state index in [0.717, 1.165) is 5.56 Å². The van der Waals surface area contributed by atoms with Gasteiger partial charge in [0.2, 0.25) is 5.88 Å². The maximum atomic E-state index is 13.2. The zero-order valence-electron chi connectivity index (χ0n) is 10.6. The van der Waals surface area contributed by atoms with Crippen molar-refractivity contribution in [2.45, 2.75) is 0 Å². The van der Waals surface area contributed by atoms with Crippen molar-refractivity contribution in [1.82, 2.24) is 5.16 Å². The van der Waals surface area contributed by atoms with Gasteiger partial charge < -0.3 is 10.3 Å². The minimum atomic E-state index is -0.423. The molecule has 6 heteroatoms. The average Bonchev–Trinajstić information content (AvgIpc) is 2.82. The van der Waals surface area contributed by atoms with Crippen LogP contribution in [0.25, 0.3) is 22.4 Å². The van der Waals surface area contributed by atoms with Gasteiger partial charge in [-0.15, -0.1) is 0 Å². The number of nitrogens with zero attached hydrogens (tertiary/aromatic N) is 1. The largest absolute Gasteiger partial charge is 0.367 e. The first-order chi connectivity index (χ1) is 10.1. The standard InChI is InChI=1S/C15H9Cl2FN2O/c16-9-3-1-8(2-4-9)13-14(20-21-15(13)19)11-6-5-10(18)7-12(11)17/h1-7H,19H2. The van der Waals surface area contributed by atoms with Gasteiger partial charge in [-0.25, -0.2) is 4.39 Å². The van der Waals surface area contributed by atoms with Crippen molar-refractivity contribution in [2.24, 2.45) is 0 Å². The lowest BCUT2D eigenvalue weighted by molar-refractivity contribution is 0.439. The van der Waals surface area contributed by atoms with Crippen LogP contribution >= 0.6 is 23.2 Å². The molecule has 0 saturated carbocycles. The first-order valence-corrected chi connectivity index (χ1v) is 6.78. The highest BCUT2D eigenvalue weighted by Gasteiger charge is 2.19. The highest BCUT2D eigenvalue weighted by molar-refractivity contribution is 6.33. The molecule has 1 heterocycles. The average molecular weight is 323 g/mol. The van der Waals surface area contributed by atoms with Gasteiger partial charge in [0, 0.05) is 10.6 Å². The lowest BCUT2D eigenvalue weighted by Crippen LogP contribution is -1.89. The maximum Gasteiger partial charge on any atom is 0.230 e. The molecule has 0 unspecified atom stereocenters. The molecule has 1 aromatic heterocycles. The Morgan fingerprint density at radius 3 is 2.43 bits per heavy atom. The van der Waals surface area contributed by atoms with Gasteiger partial charge in [0.05, 0.1) is 10.6 Å². The molecule has 3 rings (SSSR count). The van der Waals surface area contributed by atoms with E-state index in [1.54, 1.807) is 24.3 Å². The quantitative estimate of drug-likeness (QED) is 0.719. The number of hydrogen-bond acceptors (Lipinski definition) is 3. The summed E-state index contributed by atoms with van der Waals surface area (Å²) in [4.78, 5) is 0. The minimum absolute atomic E-state index is 0.160. The van der Waals surface area contributed by atoms with E-state index in [2.05, 4.69) is 5.16 Å². The molecule has 0 spiro atoms. The van der Waals surface area contributed by atoms with Crippen molar-refractivity contribution in [1.29, 1.82) is 0 Å². The first kappa shape index (κ1) is 13.9. The Bertz CT molecular complexity index is 800. The smallest absolute Gasteiger partial charge is 0.230 e. The van der Waals surface area contributed by atoms with Crippen LogP contribution in [-0.4, -0.2) is 5.16 Å². The van der Waals surface area contributed by atoms with Crippen LogP contribution in [0.2, 0.25) is 10.0 Å². The Morgan fingerprint density at radius 2 is 1.76 bits per heavy atom. The van der Waals surface area contributed by atoms with Crippen molar-refractivity contribution in [3.8, 4) is 22.4 Å². The molecule has 0 aliphatic carbocycles. The number of aromatic nitrogens is 1. The minimum Gasteiger partial charge on any atom is -0.367 e. The summed E-state index contributed by atoms with van der Waals surface area (Å²) >= 11 is 12.0. The number of nitrogens with two attached hydrogens (primary N) is 1. The zero-order valence-corrected chi connectivity index (χ0v) is 12.1. The number of nitrogen functional groups attached to an aromatic ring is 1. The van der Waals surface area contributed by atoms with Crippen LogP contribution in [0.1, 0.15) is 0 Å². The third-order valence-corrected chi connectivity index (χ3v) is 3.60.